The number of piperazine rings is 1. The fourth-order valence-electron chi connectivity index (χ4n) is 4.25. The first-order valence-corrected chi connectivity index (χ1v) is 13.2. The number of amides is 2. The third-order valence-corrected chi connectivity index (χ3v) is 8.30. The lowest BCUT2D eigenvalue weighted by molar-refractivity contribution is -0.908. The number of hydrogen-bond acceptors (Lipinski definition) is 12. The number of alkyl halides is 1. The largest absolute Gasteiger partial charge is 0.543 e. The van der Waals surface area contributed by atoms with E-state index in [4.69, 9.17) is 5.73 Å². The highest BCUT2D eigenvalue weighted by atomic mass is 32.2. The number of aliphatic carboxylic acids is 1. The van der Waals surface area contributed by atoms with Crippen LogP contribution in [-0.2, 0) is 19.2 Å². The van der Waals surface area contributed by atoms with Crippen LogP contribution in [0.4, 0.5) is 9.52 Å². The summed E-state index contributed by atoms with van der Waals surface area (Å²) in [5.41, 5.74) is 5.35. The van der Waals surface area contributed by atoms with E-state index in [0.717, 1.165) is 53.6 Å². The summed E-state index contributed by atoms with van der Waals surface area (Å²) in [5, 5.41) is 17.3. The molecule has 0 spiro atoms. The molecular formula is C21H27FN8O5S2. The molecule has 2 fully saturated rings. The molecule has 4 rings (SSSR count). The molecule has 0 aromatic carbocycles. The molecule has 200 valence electrons. The minimum atomic E-state index is -1.47. The number of aromatic nitrogens is 2. The van der Waals surface area contributed by atoms with Gasteiger partial charge in [-0.05, 0) is 18.7 Å². The number of carboxylic acids is 1. The number of carbonyl (C=O) groups is 3. The summed E-state index contributed by atoms with van der Waals surface area (Å²) in [5.74, 6) is -2.86. The van der Waals surface area contributed by atoms with E-state index >= 15 is 0 Å². The van der Waals surface area contributed by atoms with E-state index in [-0.39, 0.29) is 16.7 Å². The van der Waals surface area contributed by atoms with E-state index in [1.54, 1.807) is 6.08 Å². The number of quaternary nitrogens is 1. The lowest BCUT2D eigenvalue weighted by atomic mass is 10.0. The fourth-order valence-corrected chi connectivity index (χ4v) is 6.01. The van der Waals surface area contributed by atoms with Crippen molar-refractivity contribution in [1.29, 1.82) is 0 Å². The van der Waals surface area contributed by atoms with Crippen molar-refractivity contribution < 1.29 is 33.2 Å². The molecule has 3 aliphatic rings. The quantitative estimate of drug-likeness (QED) is 0.153. The zero-order chi connectivity index (χ0) is 26.7. The Bertz CT molecular complexity index is 1160. The van der Waals surface area contributed by atoms with Gasteiger partial charge in [0.15, 0.2) is 5.13 Å². The van der Waals surface area contributed by atoms with Crippen molar-refractivity contribution in [3.05, 3.63) is 29.2 Å². The molecule has 3 aliphatic heterocycles. The van der Waals surface area contributed by atoms with Crippen LogP contribution in [0.2, 0.25) is 0 Å². The summed E-state index contributed by atoms with van der Waals surface area (Å²) in [6, 6.07) is -1.04. The zero-order valence-electron chi connectivity index (χ0n) is 20.3. The average Bonchev–Trinajstić information content (AvgIpc) is 3.30. The number of halogens is 1. The Hall–Kier alpha value is -3.08. The van der Waals surface area contributed by atoms with E-state index in [1.165, 1.54) is 11.8 Å². The standard InChI is InChI=1S/C21H27FN8O5S2/c1-28-5-8-30(2,9-6-28)7-3-4-12-10-36-19-14(18(32)29(19)15(12)20(33)34)24-17(31)13(26-35-11-22)16-25-21(23)37-27-16/h3-4,14,19H,5-11H2,1-2H3,(H3-,23,24,25,27,31,33,34)/b4-3+,26-13-/t14-,19+/m1/s1. The van der Waals surface area contributed by atoms with Crippen LogP contribution < -0.4 is 16.2 Å². The second kappa shape index (κ2) is 11.1. The van der Waals surface area contributed by atoms with E-state index in [9.17, 15) is 23.9 Å². The third kappa shape index (κ3) is 5.76. The number of β-lactam (4-membered cyclic amide) rings is 1. The maximum absolute atomic E-state index is 12.9. The summed E-state index contributed by atoms with van der Waals surface area (Å²) >= 11 is 2.11. The normalized spacial score (nSPS) is 24.1. The number of carboxylic acid groups (broad SMARTS) is 1. The molecule has 37 heavy (non-hydrogen) atoms. The lowest BCUT2D eigenvalue weighted by Crippen LogP contribution is -2.71. The lowest BCUT2D eigenvalue weighted by Gasteiger charge is -2.50. The molecule has 0 saturated carbocycles. The van der Waals surface area contributed by atoms with Crippen molar-refractivity contribution in [2.45, 2.75) is 11.4 Å². The molecule has 0 radical (unpaired) electrons. The number of oxime groups is 1. The zero-order valence-corrected chi connectivity index (χ0v) is 21.9. The Morgan fingerprint density at radius 3 is 2.76 bits per heavy atom. The van der Waals surface area contributed by atoms with Gasteiger partial charge in [0, 0.05) is 30.4 Å². The van der Waals surface area contributed by atoms with Gasteiger partial charge in [-0.25, -0.2) is 4.39 Å². The average molecular weight is 555 g/mol. The van der Waals surface area contributed by atoms with Gasteiger partial charge in [0.2, 0.25) is 11.5 Å². The number of allylic oxidation sites excluding steroid dienone is 1. The number of anilines is 1. The van der Waals surface area contributed by atoms with Crippen LogP contribution in [-0.4, -0.2) is 118 Å². The molecule has 0 bridgehead atoms. The van der Waals surface area contributed by atoms with Gasteiger partial charge in [-0.15, -0.1) is 11.8 Å². The SMILES string of the molecule is CN1CC[N+](C)(C/C=C/C2=C(C(=O)[O-])N3C(=O)[C@@H](NC(=O)/C(=N\OCF)c4nsc(N)n4)[C@@H]3SC2)CC1. The van der Waals surface area contributed by atoms with E-state index < -0.39 is 41.8 Å². The molecule has 16 heteroatoms. The Morgan fingerprint density at radius 2 is 2.14 bits per heavy atom. The molecule has 1 aromatic rings. The molecule has 2 amide bonds. The Morgan fingerprint density at radius 1 is 1.41 bits per heavy atom. The predicted molar refractivity (Wildman–Crippen MR) is 132 cm³/mol. The number of thioether (sulfide) groups is 1. The highest BCUT2D eigenvalue weighted by Crippen LogP contribution is 2.40. The van der Waals surface area contributed by atoms with Crippen LogP contribution >= 0.6 is 23.3 Å². The Labute approximate surface area is 220 Å². The number of fused-ring (bicyclic) bond motifs is 1. The van der Waals surface area contributed by atoms with Gasteiger partial charge < -0.3 is 30.3 Å². The van der Waals surface area contributed by atoms with Crippen molar-refractivity contribution in [3.63, 3.8) is 0 Å². The van der Waals surface area contributed by atoms with Crippen molar-refractivity contribution in [2.75, 3.05) is 65.2 Å². The summed E-state index contributed by atoms with van der Waals surface area (Å²) in [6.45, 7) is 3.39. The second-order valence-electron chi connectivity index (χ2n) is 9.11. The summed E-state index contributed by atoms with van der Waals surface area (Å²) in [7, 11) is 4.25. The van der Waals surface area contributed by atoms with Crippen molar-refractivity contribution in [1.82, 2.24) is 24.5 Å². The van der Waals surface area contributed by atoms with Gasteiger partial charge in [-0.3, -0.25) is 19.4 Å². The summed E-state index contributed by atoms with van der Waals surface area (Å²) < 4.78 is 17.2. The van der Waals surface area contributed by atoms with Gasteiger partial charge in [0.25, 0.3) is 18.7 Å². The number of carbonyl (C=O) groups excluding carboxylic acids is 3. The first-order valence-electron chi connectivity index (χ1n) is 11.4. The number of nitrogens with zero attached hydrogens (tertiary/aromatic N) is 6. The monoisotopic (exact) mass is 554 g/mol. The van der Waals surface area contributed by atoms with Crippen LogP contribution in [0.3, 0.4) is 0 Å². The van der Waals surface area contributed by atoms with Crippen molar-refractivity contribution in [3.8, 4) is 0 Å². The van der Waals surface area contributed by atoms with Crippen LogP contribution in [0.1, 0.15) is 5.82 Å². The first kappa shape index (κ1) is 27.0. The number of hydrogen-bond donors (Lipinski definition) is 2. The Kier molecular flexibility index (Phi) is 8.11. The topological polar surface area (TPSA) is 166 Å². The van der Waals surface area contributed by atoms with Gasteiger partial charge in [0.05, 0.1) is 38.3 Å². The highest BCUT2D eigenvalue weighted by Gasteiger charge is 2.53. The molecule has 3 N–H and O–H groups in total. The molecule has 2 saturated heterocycles. The minimum absolute atomic E-state index is 0.0532. The molecule has 1 aromatic heterocycles. The Balaban J connectivity index is 1.46. The van der Waals surface area contributed by atoms with Crippen molar-refractivity contribution in [2.24, 2.45) is 5.16 Å². The van der Waals surface area contributed by atoms with Gasteiger partial charge in [-0.1, -0.05) is 11.2 Å². The molecular weight excluding hydrogens is 527 g/mol. The first-order chi connectivity index (χ1) is 17.6. The summed E-state index contributed by atoms with van der Waals surface area (Å²) in [4.78, 5) is 49.3. The number of nitrogens with one attached hydrogen (secondary N) is 1. The molecule has 4 heterocycles. The fraction of sp³-hybridized carbons (Fsp3) is 0.524. The molecule has 0 aliphatic carbocycles. The van der Waals surface area contributed by atoms with E-state index in [0.29, 0.717) is 11.3 Å². The van der Waals surface area contributed by atoms with Crippen LogP contribution in [0.5, 0.6) is 0 Å². The summed E-state index contributed by atoms with van der Waals surface area (Å²) in [6.07, 6.45) is 3.68. The number of nitrogens with two attached hydrogens (primary N) is 1. The molecule has 13 nitrogen and oxygen atoms in total. The van der Waals surface area contributed by atoms with Crippen LogP contribution in [0.25, 0.3) is 0 Å². The van der Waals surface area contributed by atoms with Gasteiger partial charge in [-0.2, -0.15) is 9.36 Å². The van der Waals surface area contributed by atoms with E-state index in [1.807, 2.05) is 6.08 Å². The number of nitrogen functional groups attached to an aromatic ring is 1. The van der Waals surface area contributed by atoms with E-state index in [2.05, 4.69) is 43.7 Å². The smallest absolute Gasteiger partial charge is 0.278 e. The molecule has 0 unspecified atom stereocenters. The number of rotatable bonds is 9. The maximum Gasteiger partial charge on any atom is 0.278 e. The third-order valence-electron chi connectivity index (χ3n) is 6.46. The minimum Gasteiger partial charge on any atom is -0.543 e. The second-order valence-corrected chi connectivity index (χ2v) is 11.0. The maximum atomic E-state index is 12.9. The van der Waals surface area contributed by atoms with Gasteiger partial charge in [0.1, 0.15) is 11.4 Å². The predicted octanol–water partition coefficient (Wildman–Crippen LogP) is -1.88. The van der Waals surface area contributed by atoms with Gasteiger partial charge >= 0.3 is 0 Å². The highest BCUT2D eigenvalue weighted by molar-refractivity contribution is 8.00. The van der Waals surface area contributed by atoms with Crippen LogP contribution in [0.15, 0.2) is 28.6 Å². The van der Waals surface area contributed by atoms with Crippen LogP contribution in [0, 0.1) is 0 Å². The number of likely N-dealkylation sites (N-methyl/N-ethyl adjacent to an activating group) is 2. The molecule has 2 atom stereocenters. The van der Waals surface area contributed by atoms with Crippen molar-refractivity contribution >= 4 is 51.9 Å².